The second-order valence-electron chi connectivity index (χ2n) is 9.23. The Balaban J connectivity index is 1.46. The zero-order valence-electron chi connectivity index (χ0n) is 20.7. The molecule has 0 unspecified atom stereocenters. The highest BCUT2D eigenvalue weighted by Crippen LogP contribution is 2.37. The molecule has 4 aromatic rings. The second-order valence-corrected chi connectivity index (χ2v) is 11.0. The molecule has 39 heavy (non-hydrogen) atoms. The Morgan fingerprint density at radius 2 is 1.95 bits per heavy atom. The minimum Gasteiger partial charge on any atom is -0.382 e. The molecule has 3 N–H and O–H groups in total. The molecule has 5 rings (SSSR count). The van der Waals surface area contributed by atoms with Crippen molar-refractivity contribution in [1.29, 1.82) is 0 Å². The number of nitrogens with one attached hydrogen (secondary N) is 1. The molecule has 1 aromatic carbocycles. The van der Waals surface area contributed by atoms with E-state index in [2.05, 4.69) is 15.3 Å². The predicted octanol–water partition coefficient (Wildman–Crippen LogP) is 5.49. The van der Waals surface area contributed by atoms with Crippen molar-refractivity contribution in [2.24, 2.45) is 0 Å². The van der Waals surface area contributed by atoms with E-state index in [1.165, 1.54) is 18.5 Å². The smallest absolute Gasteiger partial charge is 0.321 e. The Bertz CT molecular complexity index is 1570. The van der Waals surface area contributed by atoms with Crippen molar-refractivity contribution in [3.63, 3.8) is 0 Å². The fraction of sp³-hybridized carbons (Fsp3) is 0.269. The van der Waals surface area contributed by atoms with Crippen molar-refractivity contribution in [2.45, 2.75) is 29.6 Å². The first-order valence-corrected chi connectivity index (χ1v) is 13.5. The summed E-state index contributed by atoms with van der Waals surface area (Å²) < 4.78 is 26.0. The highest BCUT2D eigenvalue weighted by Gasteiger charge is 2.30. The van der Waals surface area contributed by atoms with Gasteiger partial charge in [0, 0.05) is 71.4 Å². The Morgan fingerprint density at radius 3 is 2.64 bits per heavy atom. The molecule has 202 valence electrons. The van der Waals surface area contributed by atoms with Gasteiger partial charge in [0.05, 0.1) is 6.20 Å². The lowest BCUT2D eigenvalue weighted by Crippen LogP contribution is -2.38. The number of nitrogens with two attached hydrogens (primary N) is 1. The largest absolute Gasteiger partial charge is 0.382 e. The molecule has 0 aliphatic carbocycles. The normalized spacial score (nSPS) is 15.9. The maximum atomic E-state index is 13.6. The van der Waals surface area contributed by atoms with E-state index in [4.69, 9.17) is 22.3 Å². The van der Waals surface area contributed by atoms with E-state index in [0.29, 0.717) is 46.4 Å². The van der Waals surface area contributed by atoms with Crippen LogP contribution < -0.4 is 11.1 Å². The molecular formula is C26H23ClF2IN7O2. The van der Waals surface area contributed by atoms with Gasteiger partial charge in [0.15, 0.2) is 0 Å². The number of benzene rings is 1. The van der Waals surface area contributed by atoms with E-state index >= 15 is 0 Å². The van der Waals surface area contributed by atoms with Gasteiger partial charge >= 0.3 is 3.93 Å². The van der Waals surface area contributed by atoms with Crippen molar-refractivity contribution in [3.8, 4) is 11.3 Å². The standard InChI is InChI=1S/C26H23ClF2IN7O2/c1-14(38)36-10-2-3-17(13-36)24-35-21(22-23(31)33-12-19(27)37(22)24)15-4-6-16(7-5-15)25(39)34-20-11-18(8-9-32-20)26(28,29)30/h4-9,11-12,17H,2-3,10,13H2,1H3,(H2,31,33)(H,32,34,39)/t17-/m1/s1. The molecule has 1 aliphatic heterocycles. The lowest BCUT2D eigenvalue weighted by Gasteiger charge is -2.31. The van der Waals surface area contributed by atoms with Crippen molar-refractivity contribution < 1.29 is 18.4 Å². The van der Waals surface area contributed by atoms with Crippen LogP contribution in [0.2, 0.25) is 5.15 Å². The van der Waals surface area contributed by atoms with Gasteiger partial charge in [0.2, 0.25) is 5.91 Å². The van der Waals surface area contributed by atoms with E-state index < -0.39 is 9.84 Å². The molecule has 1 aliphatic rings. The fourth-order valence-corrected chi connectivity index (χ4v) is 5.28. The molecule has 4 heterocycles. The number of piperidine rings is 1. The summed E-state index contributed by atoms with van der Waals surface area (Å²) in [5.74, 6) is 0.396. The summed E-state index contributed by atoms with van der Waals surface area (Å²) in [6.45, 7) is 2.77. The third-order valence-corrected chi connectivity index (χ3v) is 7.54. The minimum absolute atomic E-state index is 0.00635. The van der Waals surface area contributed by atoms with Gasteiger partial charge in [-0.05, 0) is 37.1 Å². The molecule has 3 aromatic heterocycles. The van der Waals surface area contributed by atoms with Crippen LogP contribution in [-0.2, 0) is 8.72 Å². The molecule has 0 saturated carbocycles. The Morgan fingerprint density at radius 1 is 1.21 bits per heavy atom. The number of carbonyl (C=O) groups excluding carboxylic acids is 2. The number of carbonyl (C=O) groups is 2. The summed E-state index contributed by atoms with van der Waals surface area (Å²) in [5, 5.41) is 2.89. The first-order chi connectivity index (χ1) is 18.5. The summed E-state index contributed by atoms with van der Waals surface area (Å²) in [5.41, 5.74) is 8.06. The molecule has 0 bridgehead atoms. The number of pyridine rings is 1. The molecule has 13 heteroatoms. The van der Waals surface area contributed by atoms with Crippen LogP contribution in [0.5, 0.6) is 0 Å². The zero-order chi connectivity index (χ0) is 27.9. The van der Waals surface area contributed by atoms with E-state index in [-0.39, 0.29) is 29.0 Å². The number of rotatable bonds is 5. The van der Waals surface area contributed by atoms with Gasteiger partial charge in [0.25, 0.3) is 5.91 Å². The van der Waals surface area contributed by atoms with Crippen LogP contribution in [0.25, 0.3) is 16.8 Å². The lowest BCUT2D eigenvalue weighted by molar-refractivity contribution is -0.130. The molecule has 1 atom stereocenters. The van der Waals surface area contributed by atoms with Crippen molar-refractivity contribution in [2.75, 3.05) is 24.1 Å². The van der Waals surface area contributed by atoms with Crippen LogP contribution in [-0.4, -0.2) is 49.2 Å². The maximum Gasteiger partial charge on any atom is 0.321 e. The van der Waals surface area contributed by atoms with E-state index in [1.807, 2.05) is 0 Å². The number of amides is 2. The minimum atomic E-state index is -3.09. The number of hydrogen-bond donors (Lipinski definition) is 2. The van der Waals surface area contributed by atoms with E-state index in [9.17, 15) is 18.4 Å². The number of fused-ring (bicyclic) bond motifs is 1. The number of halogens is 4. The van der Waals surface area contributed by atoms with Crippen LogP contribution in [0.15, 0.2) is 48.8 Å². The number of anilines is 2. The van der Waals surface area contributed by atoms with Crippen molar-refractivity contribution in [1.82, 2.24) is 24.3 Å². The van der Waals surface area contributed by atoms with E-state index in [1.54, 1.807) is 40.5 Å². The number of nitrogens with zero attached hydrogens (tertiary/aromatic N) is 5. The third kappa shape index (κ3) is 5.53. The highest BCUT2D eigenvalue weighted by atomic mass is 127. The summed E-state index contributed by atoms with van der Waals surface area (Å²) in [4.78, 5) is 39.7. The fourth-order valence-electron chi connectivity index (χ4n) is 4.72. The SMILES string of the molecule is CC(=O)N1CCC[C@@H](c2nc(-c3ccc(C(=O)Nc4cc(C(F)(F)I)ccn4)cc3)c3c(N)ncc(Cl)n23)C1. The summed E-state index contributed by atoms with van der Waals surface area (Å²) in [7, 11) is 0. The van der Waals surface area contributed by atoms with Gasteiger partial charge < -0.3 is 16.0 Å². The van der Waals surface area contributed by atoms with Gasteiger partial charge in [-0.15, -0.1) is 0 Å². The Hall–Kier alpha value is -3.39. The third-order valence-electron chi connectivity index (χ3n) is 6.65. The van der Waals surface area contributed by atoms with Crippen LogP contribution in [0.4, 0.5) is 20.4 Å². The van der Waals surface area contributed by atoms with Gasteiger partial charge in [-0.25, -0.2) is 15.0 Å². The predicted molar refractivity (Wildman–Crippen MR) is 152 cm³/mol. The maximum absolute atomic E-state index is 13.6. The Kier molecular flexibility index (Phi) is 7.42. The molecule has 1 fully saturated rings. The van der Waals surface area contributed by atoms with Crippen LogP contribution in [0, 0.1) is 0 Å². The van der Waals surface area contributed by atoms with Crippen LogP contribution in [0.3, 0.4) is 0 Å². The zero-order valence-corrected chi connectivity index (χ0v) is 23.6. The monoisotopic (exact) mass is 665 g/mol. The number of likely N-dealkylation sites (tertiary alicyclic amines) is 1. The lowest BCUT2D eigenvalue weighted by atomic mass is 9.97. The first kappa shape index (κ1) is 27.2. The number of nitrogen functional groups attached to an aromatic ring is 1. The molecule has 0 spiro atoms. The molecular weight excluding hydrogens is 643 g/mol. The molecule has 1 saturated heterocycles. The first-order valence-electron chi connectivity index (χ1n) is 12.1. The highest BCUT2D eigenvalue weighted by molar-refractivity contribution is 14.1. The average Bonchev–Trinajstić information content (AvgIpc) is 3.33. The topological polar surface area (TPSA) is 119 Å². The quantitative estimate of drug-likeness (QED) is 0.215. The van der Waals surface area contributed by atoms with Gasteiger partial charge in [-0.3, -0.25) is 14.0 Å². The molecule has 2 amide bonds. The number of alkyl halides is 3. The van der Waals surface area contributed by atoms with Crippen LogP contribution in [0.1, 0.15) is 47.4 Å². The molecule has 0 radical (unpaired) electrons. The average molecular weight is 666 g/mol. The number of imidazole rings is 1. The van der Waals surface area contributed by atoms with Gasteiger partial charge in [-0.2, -0.15) is 8.78 Å². The van der Waals surface area contributed by atoms with Gasteiger partial charge in [0.1, 0.15) is 33.8 Å². The number of hydrogen-bond acceptors (Lipinski definition) is 6. The Labute approximate surface area is 240 Å². The van der Waals surface area contributed by atoms with Crippen molar-refractivity contribution >= 4 is 63.2 Å². The van der Waals surface area contributed by atoms with Crippen molar-refractivity contribution in [3.05, 3.63) is 70.9 Å². The molecule has 9 nitrogen and oxygen atoms in total. The van der Waals surface area contributed by atoms with Gasteiger partial charge in [-0.1, -0.05) is 23.7 Å². The van der Waals surface area contributed by atoms with Crippen LogP contribution >= 0.6 is 34.2 Å². The summed E-state index contributed by atoms with van der Waals surface area (Å²) >= 11 is 7.58. The van der Waals surface area contributed by atoms with E-state index in [0.717, 1.165) is 41.5 Å². The number of aromatic nitrogens is 4. The summed E-state index contributed by atoms with van der Waals surface area (Å²) in [6, 6.07) is 8.95. The second kappa shape index (κ2) is 10.6. The summed E-state index contributed by atoms with van der Waals surface area (Å²) in [6.07, 6.45) is 4.35.